The van der Waals surface area contributed by atoms with E-state index >= 15 is 0 Å². The molecule has 4 rings (SSSR count). The zero-order chi connectivity index (χ0) is 17.9. The Balaban J connectivity index is 1.83. The van der Waals surface area contributed by atoms with E-state index in [4.69, 9.17) is 0 Å². The normalized spacial score (nSPS) is 10.6. The summed E-state index contributed by atoms with van der Waals surface area (Å²) in [6.07, 6.45) is 2.58. The number of anilines is 2. The van der Waals surface area contributed by atoms with Crippen molar-refractivity contribution >= 4 is 33.1 Å². The van der Waals surface area contributed by atoms with Crippen molar-refractivity contribution in [2.75, 3.05) is 5.32 Å². The minimum absolute atomic E-state index is 0.586. The van der Waals surface area contributed by atoms with Gasteiger partial charge in [-0.25, -0.2) is 9.97 Å². The van der Waals surface area contributed by atoms with E-state index in [9.17, 15) is 5.26 Å². The molecule has 4 aromatic rings. The first kappa shape index (κ1) is 16.2. The molecule has 0 bridgehead atoms. The van der Waals surface area contributed by atoms with Crippen LogP contribution in [0.4, 0.5) is 11.5 Å². The van der Waals surface area contributed by atoms with Crippen LogP contribution in [0.3, 0.4) is 0 Å². The predicted octanol–water partition coefficient (Wildman–Crippen LogP) is 5.54. The van der Waals surface area contributed by atoms with Gasteiger partial charge in [0.2, 0.25) is 0 Å². The Morgan fingerprint density at radius 1 is 1.08 bits per heavy atom. The maximum Gasteiger partial charge on any atom is 0.143 e. The average molecular weight is 356 g/mol. The average Bonchev–Trinajstić information content (AvgIpc) is 3.14. The molecule has 2 aromatic heterocycles. The molecule has 5 heteroatoms. The van der Waals surface area contributed by atoms with E-state index in [2.05, 4.69) is 57.9 Å². The lowest BCUT2D eigenvalue weighted by Crippen LogP contribution is -1.97. The largest absolute Gasteiger partial charge is 0.338 e. The van der Waals surface area contributed by atoms with E-state index in [0.29, 0.717) is 11.4 Å². The smallest absolute Gasteiger partial charge is 0.143 e. The summed E-state index contributed by atoms with van der Waals surface area (Å²) < 4.78 is 0. The minimum atomic E-state index is 0.586. The van der Waals surface area contributed by atoms with Gasteiger partial charge in [0.1, 0.15) is 23.0 Å². The number of nitrogens with one attached hydrogen (secondary N) is 1. The number of nitrogens with zero attached hydrogens (tertiary/aromatic N) is 3. The van der Waals surface area contributed by atoms with Crippen LogP contribution in [0.2, 0.25) is 0 Å². The summed E-state index contributed by atoms with van der Waals surface area (Å²) in [6.45, 7) is 2.15. The van der Waals surface area contributed by atoms with Crippen molar-refractivity contribution in [1.82, 2.24) is 9.97 Å². The molecule has 2 heterocycles. The van der Waals surface area contributed by atoms with Crippen molar-refractivity contribution in [3.05, 3.63) is 71.4 Å². The van der Waals surface area contributed by atoms with Crippen LogP contribution < -0.4 is 5.32 Å². The van der Waals surface area contributed by atoms with E-state index in [1.807, 2.05) is 18.2 Å². The summed E-state index contributed by atoms with van der Waals surface area (Å²) in [5.41, 5.74) is 4.88. The number of nitriles is 1. The third-order valence-electron chi connectivity index (χ3n) is 4.34. The SMILES string of the molecule is CCc1ccc(-c2csc3ncnc(Nc4ccccc4C#N)c23)cc1. The number of hydrogen-bond donors (Lipinski definition) is 1. The Kier molecular flexibility index (Phi) is 4.34. The second-order valence-electron chi connectivity index (χ2n) is 5.88. The lowest BCUT2D eigenvalue weighted by Gasteiger charge is -2.10. The highest BCUT2D eigenvalue weighted by atomic mass is 32.1. The quantitative estimate of drug-likeness (QED) is 0.522. The molecular weight excluding hydrogens is 340 g/mol. The minimum Gasteiger partial charge on any atom is -0.338 e. The summed E-state index contributed by atoms with van der Waals surface area (Å²) in [6, 6.07) is 18.2. The van der Waals surface area contributed by atoms with E-state index in [1.165, 1.54) is 5.56 Å². The highest BCUT2D eigenvalue weighted by molar-refractivity contribution is 7.17. The zero-order valence-corrected chi connectivity index (χ0v) is 15.0. The van der Waals surface area contributed by atoms with Gasteiger partial charge in [0.25, 0.3) is 0 Å². The molecule has 26 heavy (non-hydrogen) atoms. The third-order valence-corrected chi connectivity index (χ3v) is 5.23. The first-order valence-electron chi connectivity index (χ1n) is 8.38. The van der Waals surface area contributed by atoms with Gasteiger partial charge < -0.3 is 5.32 Å². The fourth-order valence-electron chi connectivity index (χ4n) is 2.92. The molecule has 126 valence electrons. The first-order chi connectivity index (χ1) is 12.8. The molecule has 0 unspecified atom stereocenters. The van der Waals surface area contributed by atoms with Gasteiger partial charge in [-0.2, -0.15) is 5.26 Å². The van der Waals surface area contributed by atoms with Crippen LogP contribution >= 0.6 is 11.3 Å². The Bertz CT molecular complexity index is 1110. The molecular formula is C21H16N4S. The van der Waals surface area contributed by atoms with Crippen LogP contribution in [0, 0.1) is 11.3 Å². The summed E-state index contributed by atoms with van der Waals surface area (Å²) >= 11 is 1.60. The number of fused-ring (bicyclic) bond motifs is 1. The number of aromatic nitrogens is 2. The predicted molar refractivity (Wildman–Crippen MR) is 107 cm³/mol. The molecule has 0 radical (unpaired) electrons. The van der Waals surface area contributed by atoms with Gasteiger partial charge in [-0.3, -0.25) is 0 Å². The van der Waals surface area contributed by atoms with Crippen LogP contribution in [0.5, 0.6) is 0 Å². The van der Waals surface area contributed by atoms with Crippen molar-refractivity contribution < 1.29 is 0 Å². The Morgan fingerprint density at radius 3 is 2.65 bits per heavy atom. The molecule has 0 spiro atoms. The number of rotatable bonds is 4. The lowest BCUT2D eigenvalue weighted by atomic mass is 10.0. The van der Waals surface area contributed by atoms with E-state index < -0.39 is 0 Å². The van der Waals surface area contributed by atoms with Gasteiger partial charge in [0.05, 0.1) is 16.6 Å². The van der Waals surface area contributed by atoms with Crippen LogP contribution in [0.15, 0.2) is 60.2 Å². The molecule has 0 aliphatic rings. The standard InChI is InChI=1S/C21H16N4S/c1-2-14-7-9-15(10-8-14)17-12-26-21-19(17)20(23-13-24-21)25-18-6-4-3-5-16(18)11-22/h3-10,12-13H,2H2,1H3,(H,23,24,25). The van der Waals surface area contributed by atoms with Crippen LogP contribution in [-0.2, 0) is 6.42 Å². The highest BCUT2D eigenvalue weighted by Gasteiger charge is 2.14. The Morgan fingerprint density at radius 2 is 1.88 bits per heavy atom. The molecule has 0 aliphatic heterocycles. The molecule has 4 nitrogen and oxygen atoms in total. The Hall–Kier alpha value is -3.23. The topological polar surface area (TPSA) is 61.6 Å². The lowest BCUT2D eigenvalue weighted by molar-refractivity contribution is 1.14. The van der Waals surface area contributed by atoms with Gasteiger partial charge >= 0.3 is 0 Å². The third kappa shape index (κ3) is 2.92. The van der Waals surface area contributed by atoms with Gasteiger partial charge in [-0.05, 0) is 29.7 Å². The summed E-state index contributed by atoms with van der Waals surface area (Å²) in [4.78, 5) is 9.78. The van der Waals surface area contributed by atoms with Crippen molar-refractivity contribution in [2.24, 2.45) is 0 Å². The number of para-hydroxylation sites is 1. The summed E-state index contributed by atoms with van der Waals surface area (Å²) in [5.74, 6) is 0.716. The molecule has 0 atom stereocenters. The second kappa shape index (κ2) is 6.95. The van der Waals surface area contributed by atoms with E-state index in [-0.39, 0.29) is 0 Å². The van der Waals surface area contributed by atoms with Crippen LogP contribution in [0.25, 0.3) is 21.3 Å². The monoisotopic (exact) mass is 356 g/mol. The molecule has 0 saturated heterocycles. The maximum absolute atomic E-state index is 9.33. The molecule has 0 fully saturated rings. The van der Waals surface area contributed by atoms with Crippen molar-refractivity contribution in [3.8, 4) is 17.2 Å². The number of hydrogen-bond acceptors (Lipinski definition) is 5. The molecule has 0 saturated carbocycles. The number of thiophene rings is 1. The molecule has 0 amide bonds. The van der Waals surface area contributed by atoms with Crippen molar-refractivity contribution in [1.29, 1.82) is 5.26 Å². The van der Waals surface area contributed by atoms with E-state index in [1.54, 1.807) is 23.7 Å². The second-order valence-corrected chi connectivity index (χ2v) is 6.74. The molecule has 0 aliphatic carbocycles. The summed E-state index contributed by atoms with van der Waals surface area (Å²) in [5, 5.41) is 15.7. The zero-order valence-electron chi connectivity index (χ0n) is 14.2. The van der Waals surface area contributed by atoms with Crippen LogP contribution in [0.1, 0.15) is 18.1 Å². The van der Waals surface area contributed by atoms with Crippen LogP contribution in [-0.4, -0.2) is 9.97 Å². The summed E-state index contributed by atoms with van der Waals surface area (Å²) in [7, 11) is 0. The highest BCUT2D eigenvalue weighted by Crippen LogP contribution is 2.37. The number of benzene rings is 2. The van der Waals surface area contributed by atoms with Gasteiger partial charge in [0, 0.05) is 10.9 Å². The fraction of sp³-hybridized carbons (Fsp3) is 0.0952. The van der Waals surface area contributed by atoms with Gasteiger partial charge in [-0.15, -0.1) is 11.3 Å². The molecule has 2 aromatic carbocycles. The van der Waals surface area contributed by atoms with Crippen molar-refractivity contribution in [2.45, 2.75) is 13.3 Å². The van der Waals surface area contributed by atoms with Gasteiger partial charge in [-0.1, -0.05) is 43.3 Å². The first-order valence-corrected chi connectivity index (χ1v) is 9.25. The number of aryl methyl sites for hydroxylation is 1. The fourth-order valence-corrected chi connectivity index (χ4v) is 3.84. The Labute approximate surface area is 155 Å². The van der Waals surface area contributed by atoms with Crippen molar-refractivity contribution in [3.63, 3.8) is 0 Å². The maximum atomic E-state index is 9.33. The molecule has 1 N–H and O–H groups in total. The van der Waals surface area contributed by atoms with E-state index in [0.717, 1.165) is 33.5 Å². The van der Waals surface area contributed by atoms with Gasteiger partial charge in [0.15, 0.2) is 0 Å².